The Labute approximate surface area is 136 Å². The summed E-state index contributed by atoms with van der Waals surface area (Å²) in [5.41, 5.74) is 0.790. The number of anilines is 1. The van der Waals surface area contributed by atoms with Crippen molar-refractivity contribution in [3.8, 4) is 0 Å². The predicted molar refractivity (Wildman–Crippen MR) is 89.1 cm³/mol. The van der Waals surface area contributed by atoms with Crippen LogP contribution in [0, 0.1) is 0 Å². The lowest BCUT2D eigenvalue weighted by molar-refractivity contribution is 0.101. The standard InChI is InChI=1S/C17H19NO4S/c1-13(19)12-18(16-8-4-3-5-9-16)23(21,22)17-10-6-7-15(11-17)14(2)20/h3-11,13,19H,12H2,1-2H3/t13-/m0/s1. The van der Waals surface area contributed by atoms with E-state index in [9.17, 15) is 18.3 Å². The van der Waals surface area contributed by atoms with Crippen LogP contribution in [0.5, 0.6) is 0 Å². The monoisotopic (exact) mass is 333 g/mol. The van der Waals surface area contributed by atoms with E-state index in [4.69, 9.17) is 0 Å². The van der Waals surface area contributed by atoms with Crippen LogP contribution < -0.4 is 4.31 Å². The molecule has 0 unspecified atom stereocenters. The lowest BCUT2D eigenvalue weighted by Crippen LogP contribution is -2.36. The van der Waals surface area contributed by atoms with E-state index in [2.05, 4.69) is 0 Å². The SMILES string of the molecule is CC(=O)c1cccc(S(=O)(=O)N(C[C@H](C)O)c2ccccc2)c1. The lowest BCUT2D eigenvalue weighted by Gasteiger charge is -2.25. The summed E-state index contributed by atoms with van der Waals surface area (Å²) in [7, 11) is -3.88. The zero-order valence-electron chi connectivity index (χ0n) is 13.0. The molecule has 2 aromatic rings. The molecule has 2 rings (SSSR count). The highest BCUT2D eigenvalue weighted by Crippen LogP contribution is 2.24. The molecule has 0 fully saturated rings. The number of hydrogen-bond acceptors (Lipinski definition) is 4. The molecule has 0 radical (unpaired) electrons. The molecule has 0 saturated carbocycles. The average molecular weight is 333 g/mol. The second kappa shape index (κ2) is 6.93. The van der Waals surface area contributed by atoms with Crippen LogP contribution in [0.2, 0.25) is 0 Å². The number of carbonyl (C=O) groups is 1. The van der Waals surface area contributed by atoms with E-state index in [1.165, 1.54) is 32.0 Å². The van der Waals surface area contributed by atoms with Gasteiger partial charge >= 0.3 is 0 Å². The summed E-state index contributed by atoms with van der Waals surface area (Å²) in [6.45, 7) is 2.84. The third-order valence-electron chi connectivity index (χ3n) is 3.30. The minimum absolute atomic E-state index is 0.0229. The van der Waals surface area contributed by atoms with Crippen LogP contribution in [-0.4, -0.2) is 32.0 Å². The quantitative estimate of drug-likeness (QED) is 0.824. The van der Waals surface area contributed by atoms with Crippen LogP contribution in [0.3, 0.4) is 0 Å². The first-order chi connectivity index (χ1) is 10.8. The van der Waals surface area contributed by atoms with Crippen LogP contribution in [0.4, 0.5) is 5.69 Å². The first-order valence-electron chi connectivity index (χ1n) is 7.19. The summed E-state index contributed by atoms with van der Waals surface area (Å²) >= 11 is 0. The van der Waals surface area contributed by atoms with Gasteiger partial charge in [-0.15, -0.1) is 0 Å². The molecule has 1 atom stereocenters. The molecule has 2 aromatic carbocycles. The molecule has 0 aliphatic rings. The number of hydrogen-bond donors (Lipinski definition) is 1. The van der Waals surface area contributed by atoms with Crippen LogP contribution in [0.15, 0.2) is 59.5 Å². The van der Waals surface area contributed by atoms with Crippen LogP contribution in [0.25, 0.3) is 0 Å². The van der Waals surface area contributed by atoms with Crippen molar-refractivity contribution in [3.05, 3.63) is 60.2 Å². The molecule has 0 amide bonds. The van der Waals surface area contributed by atoms with Crippen molar-refractivity contribution < 1.29 is 18.3 Å². The van der Waals surface area contributed by atoms with Gasteiger partial charge in [-0.3, -0.25) is 9.10 Å². The minimum Gasteiger partial charge on any atom is -0.392 e. The number of rotatable bonds is 6. The smallest absolute Gasteiger partial charge is 0.264 e. The lowest BCUT2D eigenvalue weighted by atomic mass is 10.2. The van der Waals surface area contributed by atoms with Crippen molar-refractivity contribution in [3.63, 3.8) is 0 Å². The van der Waals surface area contributed by atoms with E-state index >= 15 is 0 Å². The Morgan fingerprint density at radius 2 is 1.78 bits per heavy atom. The van der Waals surface area contributed by atoms with E-state index in [0.717, 1.165) is 4.31 Å². The van der Waals surface area contributed by atoms with Crippen LogP contribution in [-0.2, 0) is 10.0 Å². The molecule has 5 nitrogen and oxygen atoms in total. The first-order valence-corrected chi connectivity index (χ1v) is 8.63. The largest absolute Gasteiger partial charge is 0.392 e. The molecule has 1 N–H and O–H groups in total. The molecule has 0 aliphatic heterocycles. The van der Waals surface area contributed by atoms with Gasteiger partial charge < -0.3 is 5.11 Å². The predicted octanol–water partition coefficient (Wildman–Crippen LogP) is 2.47. The van der Waals surface area contributed by atoms with Crippen molar-refractivity contribution >= 4 is 21.5 Å². The maximum atomic E-state index is 12.9. The molecule has 0 aliphatic carbocycles. The zero-order valence-corrected chi connectivity index (χ0v) is 13.8. The second-order valence-electron chi connectivity index (χ2n) is 5.30. The Hall–Kier alpha value is -2.18. The third-order valence-corrected chi connectivity index (χ3v) is 5.09. The number of Topliss-reactive ketones (excluding diaryl/α,β-unsaturated/α-hetero) is 1. The van der Waals surface area contributed by atoms with Crippen molar-refractivity contribution in [2.24, 2.45) is 0 Å². The third kappa shape index (κ3) is 3.97. The fraction of sp³-hybridized carbons (Fsp3) is 0.235. The number of aliphatic hydroxyl groups is 1. The Morgan fingerprint density at radius 3 is 2.35 bits per heavy atom. The summed E-state index contributed by atoms with van der Waals surface area (Å²) in [6.07, 6.45) is -0.832. The van der Waals surface area contributed by atoms with Gasteiger partial charge in [0.05, 0.1) is 23.2 Å². The second-order valence-corrected chi connectivity index (χ2v) is 7.17. The van der Waals surface area contributed by atoms with Gasteiger partial charge in [0.15, 0.2) is 5.78 Å². The van der Waals surface area contributed by atoms with Crippen molar-refractivity contribution in [2.75, 3.05) is 10.8 Å². The minimum atomic E-state index is -3.88. The van der Waals surface area contributed by atoms with E-state index < -0.39 is 16.1 Å². The molecular formula is C17H19NO4S. The number of ketones is 1. The van der Waals surface area contributed by atoms with Crippen LogP contribution >= 0.6 is 0 Å². The molecule has 0 aromatic heterocycles. The fourth-order valence-electron chi connectivity index (χ4n) is 2.18. The number of aliphatic hydroxyl groups excluding tert-OH is 1. The topological polar surface area (TPSA) is 74.7 Å². The van der Waals surface area contributed by atoms with Gasteiger partial charge in [-0.2, -0.15) is 0 Å². The summed E-state index contributed by atoms with van der Waals surface area (Å²) in [5, 5.41) is 9.68. The van der Waals surface area contributed by atoms with Crippen molar-refractivity contribution in [1.82, 2.24) is 0 Å². The molecule has 23 heavy (non-hydrogen) atoms. The fourth-order valence-corrected chi connectivity index (χ4v) is 3.77. The van der Waals surface area contributed by atoms with Crippen LogP contribution in [0.1, 0.15) is 24.2 Å². The molecule has 0 saturated heterocycles. The maximum Gasteiger partial charge on any atom is 0.264 e. The normalized spacial score (nSPS) is 12.7. The average Bonchev–Trinajstić information content (AvgIpc) is 2.53. The van der Waals surface area contributed by atoms with E-state index in [0.29, 0.717) is 11.3 Å². The van der Waals surface area contributed by atoms with Gasteiger partial charge in [-0.1, -0.05) is 30.3 Å². The number of para-hydroxylation sites is 1. The molecule has 0 bridgehead atoms. The Balaban J connectivity index is 2.52. The summed E-state index contributed by atoms with van der Waals surface area (Å²) < 4.78 is 27.0. The molecular weight excluding hydrogens is 314 g/mol. The zero-order chi connectivity index (χ0) is 17.0. The summed E-state index contributed by atoms with van der Waals surface area (Å²) in [6, 6.07) is 14.5. The number of benzene rings is 2. The molecule has 6 heteroatoms. The first kappa shape index (κ1) is 17.2. The number of sulfonamides is 1. The molecule has 0 heterocycles. The summed E-state index contributed by atoms with van der Waals surface area (Å²) in [4.78, 5) is 11.5. The van der Waals surface area contributed by atoms with Gasteiger partial charge in [-0.05, 0) is 38.1 Å². The van der Waals surface area contributed by atoms with Crippen molar-refractivity contribution in [2.45, 2.75) is 24.8 Å². The Morgan fingerprint density at radius 1 is 1.13 bits per heavy atom. The number of carbonyl (C=O) groups excluding carboxylic acids is 1. The van der Waals surface area contributed by atoms with E-state index in [1.807, 2.05) is 0 Å². The molecule has 122 valence electrons. The highest BCUT2D eigenvalue weighted by atomic mass is 32.2. The van der Waals surface area contributed by atoms with Crippen molar-refractivity contribution in [1.29, 1.82) is 0 Å². The Kier molecular flexibility index (Phi) is 5.18. The summed E-state index contributed by atoms with van der Waals surface area (Å²) in [5.74, 6) is -0.205. The van der Waals surface area contributed by atoms with E-state index in [-0.39, 0.29) is 17.2 Å². The highest BCUT2D eigenvalue weighted by Gasteiger charge is 2.26. The van der Waals surface area contributed by atoms with Gasteiger partial charge in [0, 0.05) is 5.56 Å². The highest BCUT2D eigenvalue weighted by molar-refractivity contribution is 7.92. The number of nitrogens with zero attached hydrogens (tertiary/aromatic N) is 1. The molecule has 0 spiro atoms. The van der Waals surface area contributed by atoms with Gasteiger partial charge in [0.25, 0.3) is 10.0 Å². The maximum absolute atomic E-state index is 12.9. The van der Waals surface area contributed by atoms with Gasteiger partial charge in [0.1, 0.15) is 0 Å². The van der Waals surface area contributed by atoms with Gasteiger partial charge in [-0.25, -0.2) is 8.42 Å². The Bertz CT molecular complexity index is 785. The van der Waals surface area contributed by atoms with Gasteiger partial charge in [0.2, 0.25) is 0 Å². The van der Waals surface area contributed by atoms with E-state index in [1.54, 1.807) is 36.4 Å².